The van der Waals surface area contributed by atoms with Crippen molar-refractivity contribution in [2.75, 3.05) is 0 Å². The molecule has 0 aromatic carbocycles. The maximum atomic E-state index is 12.2. The van der Waals surface area contributed by atoms with Gasteiger partial charge in [0.2, 0.25) is 0 Å². The molecule has 4 nitrogen and oxygen atoms in total. The molecule has 1 aromatic heterocycles. The van der Waals surface area contributed by atoms with Crippen LogP contribution >= 0.6 is 11.6 Å². The van der Waals surface area contributed by atoms with Gasteiger partial charge in [0.25, 0.3) is 5.91 Å². The minimum absolute atomic E-state index is 0.288. The number of hydrogen-bond donors (Lipinski definition) is 1. The van der Waals surface area contributed by atoms with E-state index in [4.69, 9.17) is 11.6 Å². The van der Waals surface area contributed by atoms with Gasteiger partial charge >= 0.3 is 0 Å². The van der Waals surface area contributed by atoms with Crippen LogP contribution in [0.15, 0.2) is 12.1 Å². The van der Waals surface area contributed by atoms with Crippen molar-refractivity contribution in [1.82, 2.24) is 10.3 Å². The van der Waals surface area contributed by atoms with Crippen molar-refractivity contribution in [1.29, 1.82) is 5.26 Å². The minimum atomic E-state index is -0.820. The normalized spacial score (nSPS) is 10.9. The molecule has 1 rings (SSSR count). The van der Waals surface area contributed by atoms with Crippen molar-refractivity contribution in [3.63, 3.8) is 0 Å². The van der Waals surface area contributed by atoms with E-state index in [1.165, 1.54) is 6.07 Å². The maximum Gasteiger partial charge on any atom is 0.252 e. The van der Waals surface area contributed by atoms with E-state index >= 15 is 0 Å². The lowest BCUT2D eigenvalue weighted by Gasteiger charge is -2.25. The lowest BCUT2D eigenvalue weighted by atomic mass is 9.94. The Kier molecular flexibility index (Phi) is 5.31. The van der Waals surface area contributed by atoms with E-state index in [0.717, 1.165) is 5.69 Å². The molecule has 0 saturated carbocycles. The van der Waals surface area contributed by atoms with E-state index in [1.807, 2.05) is 20.8 Å². The topological polar surface area (TPSA) is 65.8 Å². The quantitative estimate of drug-likeness (QED) is 0.842. The standard InChI is InChI=1S/C14H18ClN3O/c1-4-11-7-10(8-12(15)17-11)13(19)18-14(5-2,6-3)9-16/h7-8H,4-6H2,1-3H3,(H,18,19). The van der Waals surface area contributed by atoms with E-state index in [9.17, 15) is 10.1 Å². The minimum Gasteiger partial charge on any atom is -0.334 e. The fraction of sp³-hybridized carbons (Fsp3) is 0.500. The fourth-order valence-corrected chi connectivity index (χ4v) is 1.99. The molecule has 0 spiro atoms. The predicted octanol–water partition coefficient (Wildman–Crippen LogP) is 3.11. The molecule has 0 atom stereocenters. The highest BCUT2D eigenvalue weighted by Gasteiger charge is 2.28. The number of nitrogens with one attached hydrogen (secondary N) is 1. The molecule has 0 aliphatic carbocycles. The summed E-state index contributed by atoms with van der Waals surface area (Å²) < 4.78 is 0. The molecular formula is C14H18ClN3O. The van der Waals surface area contributed by atoms with Crippen molar-refractivity contribution < 1.29 is 4.79 Å². The number of carbonyl (C=O) groups excluding carboxylic acids is 1. The number of rotatable bonds is 5. The smallest absolute Gasteiger partial charge is 0.252 e. The predicted molar refractivity (Wildman–Crippen MR) is 75.0 cm³/mol. The van der Waals surface area contributed by atoms with Gasteiger partial charge in [-0.05, 0) is 31.4 Å². The summed E-state index contributed by atoms with van der Waals surface area (Å²) in [6, 6.07) is 5.40. The zero-order chi connectivity index (χ0) is 14.5. The molecule has 1 heterocycles. The third-order valence-electron chi connectivity index (χ3n) is 3.25. The summed E-state index contributed by atoms with van der Waals surface area (Å²) in [4.78, 5) is 16.3. The first-order chi connectivity index (χ1) is 9.00. The average molecular weight is 280 g/mol. The van der Waals surface area contributed by atoms with Gasteiger partial charge in [0.15, 0.2) is 0 Å². The Balaban J connectivity index is 3.01. The molecule has 1 N–H and O–H groups in total. The Morgan fingerprint density at radius 3 is 2.53 bits per heavy atom. The number of aromatic nitrogens is 1. The first-order valence-electron chi connectivity index (χ1n) is 6.40. The van der Waals surface area contributed by atoms with Crippen LogP contribution in [0.3, 0.4) is 0 Å². The van der Waals surface area contributed by atoms with E-state index in [1.54, 1.807) is 6.07 Å². The van der Waals surface area contributed by atoms with Gasteiger partial charge in [-0.1, -0.05) is 32.4 Å². The van der Waals surface area contributed by atoms with Gasteiger partial charge in [0.1, 0.15) is 10.7 Å². The summed E-state index contributed by atoms with van der Waals surface area (Å²) in [5.41, 5.74) is 0.380. The Bertz CT molecular complexity index is 504. The second-order valence-electron chi connectivity index (χ2n) is 4.38. The average Bonchev–Trinajstić information content (AvgIpc) is 2.44. The number of amides is 1. The van der Waals surface area contributed by atoms with Gasteiger partial charge in [0.05, 0.1) is 6.07 Å². The number of halogens is 1. The highest BCUT2D eigenvalue weighted by Crippen LogP contribution is 2.17. The van der Waals surface area contributed by atoms with Crippen molar-refractivity contribution in [2.45, 2.75) is 45.6 Å². The zero-order valence-electron chi connectivity index (χ0n) is 11.5. The SMILES string of the molecule is CCc1cc(C(=O)NC(C#N)(CC)CC)cc(Cl)n1. The third kappa shape index (κ3) is 3.68. The van der Waals surface area contributed by atoms with E-state index in [-0.39, 0.29) is 5.91 Å². The molecule has 19 heavy (non-hydrogen) atoms. The molecule has 0 bridgehead atoms. The number of nitriles is 1. The molecule has 5 heteroatoms. The summed E-state index contributed by atoms with van der Waals surface area (Å²) in [5, 5.41) is 12.3. The number of carbonyl (C=O) groups is 1. The van der Waals surface area contributed by atoms with Crippen molar-refractivity contribution in [3.05, 3.63) is 28.5 Å². The largest absolute Gasteiger partial charge is 0.334 e. The van der Waals surface area contributed by atoms with Crippen molar-refractivity contribution >= 4 is 17.5 Å². The molecule has 102 valence electrons. The molecular weight excluding hydrogens is 262 g/mol. The van der Waals surface area contributed by atoms with E-state index < -0.39 is 5.54 Å². The zero-order valence-corrected chi connectivity index (χ0v) is 12.2. The van der Waals surface area contributed by atoms with Gasteiger partial charge in [-0.2, -0.15) is 5.26 Å². The molecule has 0 fully saturated rings. The number of pyridine rings is 1. The van der Waals surface area contributed by atoms with Crippen LogP contribution in [0.2, 0.25) is 5.15 Å². The van der Waals surface area contributed by atoms with Crippen molar-refractivity contribution in [2.24, 2.45) is 0 Å². The maximum absolute atomic E-state index is 12.2. The van der Waals surface area contributed by atoms with Crippen LogP contribution in [0, 0.1) is 11.3 Å². The number of nitrogens with zero attached hydrogens (tertiary/aromatic N) is 2. The van der Waals surface area contributed by atoms with Gasteiger partial charge in [-0.25, -0.2) is 4.98 Å². The molecule has 0 aliphatic rings. The van der Waals surface area contributed by atoms with Crippen LogP contribution in [-0.2, 0) is 6.42 Å². The lowest BCUT2D eigenvalue weighted by Crippen LogP contribution is -2.46. The second-order valence-corrected chi connectivity index (χ2v) is 4.77. The van der Waals surface area contributed by atoms with E-state index in [0.29, 0.717) is 30.0 Å². The fourth-order valence-electron chi connectivity index (χ4n) is 1.77. The second kappa shape index (κ2) is 6.53. The summed E-state index contributed by atoms with van der Waals surface area (Å²) in [5.74, 6) is -0.288. The van der Waals surface area contributed by atoms with Crippen LogP contribution in [0.4, 0.5) is 0 Å². The van der Waals surface area contributed by atoms with Crippen molar-refractivity contribution in [3.8, 4) is 6.07 Å². The van der Waals surface area contributed by atoms with Gasteiger partial charge in [-0.15, -0.1) is 0 Å². The van der Waals surface area contributed by atoms with Crippen LogP contribution in [0.1, 0.15) is 49.7 Å². The van der Waals surface area contributed by atoms with Crippen LogP contribution in [-0.4, -0.2) is 16.4 Å². The number of aryl methyl sites for hydroxylation is 1. The van der Waals surface area contributed by atoms with E-state index in [2.05, 4.69) is 16.4 Å². The van der Waals surface area contributed by atoms with Gasteiger partial charge in [0, 0.05) is 11.3 Å². The Morgan fingerprint density at radius 1 is 1.42 bits per heavy atom. The summed E-state index contributed by atoms with van der Waals surface area (Å²) in [6.45, 7) is 5.70. The Morgan fingerprint density at radius 2 is 2.05 bits per heavy atom. The highest BCUT2D eigenvalue weighted by atomic mass is 35.5. The van der Waals surface area contributed by atoms with Gasteiger partial charge < -0.3 is 5.32 Å². The Labute approximate surface area is 118 Å². The molecule has 0 aliphatic heterocycles. The Hall–Kier alpha value is -1.60. The van der Waals surface area contributed by atoms with Gasteiger partial charge in [-0.3, -0.25) is 4.79 Å². The monoisotopic (exact) mass is 279 g/mol. The number of hydrogen-bond acceptors (Lipinski definition) is 3. The molecule has 0 unspecified atom stereocenters. The molecule has 1 aromatic rings. The lowest BCUT2D eigenvalue weighted by molar-refractivity contribution is 0.0915. The molecule has 1 amide bonds. The molecule has 0 radical (unpaired) electrons. The first-order valence-corrected chi connectivity index (χ1v) is 6.78. The molecule has 0 saturated heterocycles. The highest BCUT2D eigenvalue weighted by molar-refractivity contribution is 6.29. The summed E-state index contributed by atoms with van der Waals surface area (Å²) >= 11 is 5.89. The van der Waals surface area contributed by atoms with Crippen LogP contribution in [0.5, 0.6) is 0 Å². The first kappa shape index (κ1) is 15.5. The summed E-state index contributed by atoms with van der Waals surface area (Å²) in [7, 11) is 0. The third-order valence-corrected chi connectivity index (χ3v) is 3.44. The summed E-state index contributed by atoms with van der Waals surface area (Å²) in [6.07, 6.45) is 1.82. The van der Waals surface area contributed by atoms with Crippen LogP contribution < -0.4 is 5.32 Å². The van der Waals surface area contributed by atoms with Crippen LogP contribution in [0.25, 0.3) is 0 Å².